The number of esters is 4. The molecule has 0 radical (unpaired) electrons. The quantitative estimate of drug-likeness (QED) is 0.0237. The van der Waals surface area contributed by atoms with Crippen LogP contribution in [0.15, 0.2) is 103 Å². The Labute approximate surface area is 527 Å². The molecule has 0 aromatic heterocycles. The molecule has 91 heavy (non-hydrogen) atoms. The fourth-order valence-corrected chi connectivity index (χ4v) is 12.6. The lowest BCUT2D eigenvalue weighted by Crippen LogP contribution is -2.53. The van der Waals surface area contributed by atoms with Crippen LogP contribution in [0.25, 0.3) is 0 Å². The van der Waals surface area contributed by atoms with Crippen LogP contribution < -0.4 is 0 Å². The summed E-state index contributed by atoms with van der Waals surface area (Å²) in [5.41, 5.74) is -12.3. The Bertz CT molecular complexity index is 2770. The molecule has 0 N–H and O–H groups in total. The molecule has 3 aromatic rings. The van der Waals surface area contributed by atoms with Gasteiger partial charge in [-0.2, -0.15) is 39.5 Å². The van der Waals surface area contributed by atoms with Gasteiger partial charge in [-0.1, -0.05) is 181 Å². The summed E-state index contributed by atoms with van der Waals surface area (Å²) in [5, 5.41) is 0. The molecule has 0 unspecified atom stereocenters. The van der Waals surface area contributed by atoms with E-state index in [1.807, 2.05) is 0 Å². The summed E-state index contributed by atoms with van der Waals surface area (Å²) in [6.07, 6.45) is -11.5. The van der Waals surface area contributed by atoms with Crippen LogP contribution in [0.2, 0.25) is 0 Å². The third-order valence-corrected chi connectivity index (χ3v) is 17.2. The highest BCUT2D eigenvalue weighted by Crippen LogP contribution is 2.48. The van der Waals surface area contributed by atoms with Gasteiger partial charge >= 0.3 is 42.4 Å². The van der Waals surface area contributed by atoms with Crippen LogP contribution in [-0.4, -0.2) is 118 Å². The highest BCUT2D eigenvalue weighted by Gasteiger charge is 2.67. The summed E-state index contributed by atoms with van der Waals surface area (Å²) in [6, 6.07) is 18.6. The van der Waals surface area contributed by atoms with Crippen molar-refractivity contribution in [2.45, 2.75) is 259 Å². The molecule has 0 amide bonds. The van der Waals surface area contributed by atoms with Gasteiger partial charge in [0.05, 0.1) is 18.3 Å². The molecule has 0 bridgehead atoms. The summed E-state index contributed by atoms with van der Waals surface area (Å²) in [6.45, 7) is 6.94. The summed E-state index contributed by atoms with van der Waals surface area (Å²) < 4.78 is 195. The van der Waals surface area contributed by atoms with Gasteiger partial charge in [-0.05, 0) is 71.8 Å². The molecular weight excluding hydrogens is 1210 g/mol. The van der Waals surface area contributed by atoms with Gasteiger partial charge in [-0.15, -0.1) is 0 Å². The molecule has 3 aliphatic heterocycles. The number of hydrogen-bond acceptors (Lipinski definition) is 14. The second kappa shape index (κ2) is 33.5. The number of unbranched alkanes of at least 4 members (excludes halogenated alkanes) is 13. The van der Waals surface area contributed by atoms with E-state index in [0.717, 1.165) is 95.6 Å². The Morgan fingerprint density at radius 2 is 1.01 bits per heavy atom. The molecule has 0 saturated carbocycles. The minimum atomic E-state index is -5.40. The molecule has 3 aliphatic rings. The Kier molecular flexibility index (Phi) is 27.4. The Balaban J connectivity index is 1.24. The zero-order valence-corrected chi connectivity index (χ0v) is 53.0. The topological polar surface area (TPSA) is 161 Å². The number of ether oxygens (including phenoxy) is 10. The van der Waals surface area contributed by atoms with Crippen molar-refractivity contribution in [1.29, 1.82) is 0 Å². The highest BCUT2D eigenvalue weighted by molar-refractivity contribution is 5.91. The van der Waals surface area contributed by atoms with Crippen molar-refractivity contribution in [3.8, 4) is 0 Å². The number of rotatable bonds is 35. The molecule has 508 valence electrons. The van der Waals surface area contributed by atoms with E-state index in [9.17, 15) is 32.3 Å². The summed E-state index contributed by atoms with van der Waals surface area (Å²) in [5.74, 6) is -7.58. The second-order valence-electron chi connectivity index (χ2n) is 24.2. The molecule has 6 rings (SSSR count). The van der Waals surface area contributed by atoms with Crippen LogP contribution >= 0.6 is 0 Å². The average molecular weight is 1300 g/mol. The summed E-state index contributed by atoms with van der Waals surface area (Å²) >= 11 is 0. The van der Waals surface area contributed by atoms with Crippen LogP contribution in [0.4, 0.5) is 39.5 Å². The van der Waals surface area contributed by atoms with E-state index in [0.29, 0.717) is 45.6 Å². The zero-order chi connectivity index (χ0) is 66.7. The number of carbonyl (C=O) groups is 4. The molecule has 2 saturated heterocycles. The summed E-state index contributed by atoms with van der Waals surface area (Å²) in [7, 11) is 2.18. The van der Waals surface area contributed by atoms with Gasteiger partial charge in [0, 0.05) is 56.4 Å². The third-order valence-electron chi connectivity index (χ3n) is 17.2. The van der Waals surface area contributed by atoms with E-state index >= 15 is 26.3 Å². The van der Waals surface area contributed by atoms with Gasteiger partial charge < -0.3 is 47.4 Å². The minimum absolute atomic E-state index is 0.0210. The smallest absolute Gasteiger partial charge is 0.432 e. The van der Waals surface area contributed by atoms with Crippen LogP contribution in [0, 0.1) is 0 Å². The van der Waals surface area contributed by atoms with Crippen LogP contribution in [0.1, 0.15) is 186 Å². The van der Waals surface area contributed by atoms with Gasteiger partial charge in [0.25, 0.3) is 16.8 Å². The van der Waals surface area contributed by atoms with E-state index in [1.54, 1.807) is 20.8 Å². The van der Waals surface area contributed by atoms with E-state index in [-0.39, 0.29) is 37.7 Å². The SMILES string of the molecule is CCCCCCCCCCCCCC[C@H](OC(=O)[C@](OC)(c1ccccc1)C(F)(F)F)[C@@H]1C[C@@H](OC(=O)[C@](OC)(c2ccccc2)C(F)(F)F)[C@@H]([C@@H]2CC[C@H](CCCCC[C@H](CC3=C[C@H](C)OC3=O)OC(=O)[C@](OC)(c3ccccc3)C(F)(F)F)OC(C)(C)O2)O1. The van der Waals surface area contributed by atoms with Crippen molar-refractivity contribution in [3.05, 3.63) is 119 Å². The van der Waals surface area contributed by atoms with Crippen molar-refractivity contribution in [3.63, 3.8) is 0 Å². The largest absolute Gasteiger partial charge is 0.459 e. The first-order valence-corrected chi connectivity index (χ1v) is 31.7. The molecule has 23 heteroatoms. The Morgan fingerprint density at radius 1 is 0.571 bits per heavy atom. The molecule has 2 fully saturated rings. The normalized spacial score (nSPS) is 23.1. The molecule has 0 spiro atoms. The number of methoxy groups -OCH3 is 3. The van der Waals surface area contributed by atoms with Crippen molar-refractivity contribution in [2.24, 2.45) is 0 Å². The number of alkyl halides is 9. The Morgan fingerprint density at radius 3 is 1.46 bits per heavy atom. The van der Waals surface area contributed by atoms with Crippen molar-refractivity contribution in [1.82, 2.24) is 0 Å². The van der Waals surface area contributed by atoms with Gasteiger partial charge in [0.1, 0.15) is 30.5 Å². The standard InChI is InChI=1S/C68H89F9O14/c1-8-9-10-11-12-13-14-15-16-17-18-31-40-53(88-60(80)64(83-6,67(72,73)74)49-34-25-20-26-35-49)55-45-56(89-61(81)65(84-7,68(75,76)77)50-36-27-21-28-37-50)57(87-55)54-42-41-51(90-62(3,4)91-54)38-29-22-30-39-52(44-47-43-46(2)85-58(47)78)86-59(79)63(82-5,66(69,70)71)48-32-23-19-24-33-48/h19-21,23-28,32-37,43,46,51-57H,8-18,22,29-31,38-42,44-45H2,1-7H3/t46-,51-,52+,53-,54-,55-,56+,57+,63+,64+,65+/m0/s1. The molecule has 11 atom stereocenters. The molecule has 0 aliphatic carbocycles. The van der Waals surface area contributed by atoms with Crippen molar-refractivity contribution >= 4 is 23.9 Å². The number of hydrogen-bond donors (Lipinski definition) is 0. The molecule has 3 aromatic carbocycles. The van der Waals surface area contributed by atoms with E-state index in [2.05, 4.69) is 6.92 Å². The monoisotopic (exact) mass is 1300 g/mol. The summed E-state index contributed by atoms with van der Waals surface area (Å²) in [4.78, 5) is 55.4. The molecule has 14 nitrogen and oxygen atoms in total. The van der Waals surface area contributed by atoms with Crippen molar-refractivity contribution in [2.75, 3.05) is 21.3 Å². The zero-order valence-electron chi connectivity index (χ0n) is 53.0. The number of halogens is 9. The second-order valence-corrected chi connectivity index (χ2v) is 24.2. The van der Waals surface area contributed by atoms with Crippen LogP contribution in [0.5, 0.6) is 0 Å². The highest BCUT2D eigenvalue weighted by atomic mass is 19.4. The lowest BCUT2D eigenvalue weighted by Gasteiger charge is -2.36. The van der Waals surface area contributed by atoms with E-state index in [4.69, 9.17) is 47.4 Å². The number of carbonyl (C=O) groups excluding carboxylic acids is 4. The van der Waals surface area contributed by atoms with Crippen LogP contribution in [-0.2, 0) is 83.3 Å². The number of cyclic esters (lactones) is 1. The third kappa shape index (κ3) is 18.6. The van der Waals surface area contributed by atoms with E-state index < -0.39 is 137 Å². The predicted octanol–water partition coefficient (Wildman–Crippen LogP) is 15.8. The molecular formula is C68H89F9O14. The van der Waals surface area contributed by atoms with Gasteiger partial charge in [0.2, 0.25) is 0 Å². The maximum absolute atomic E-state index is 15.5. The Hall–Kier alpha value is -5.59. The lowest BCUT2D eigenvalue weighted by atomic mass is 9.92. The predicted molar refractivity (Wildman–Crippen MR) is 317 cm³/mol. The van der Waals surface area contributed by atoms with Gasteiger partial charge in [0.15, 0.2) is 5.79 Å². The fraction of sp³-hybridized carbons (Fsp3) is 0.647. The van der Waals surface area contributed by atoms with E-state index in [1.165, 1.54) is 79.9 Å². The number of benzene rings is 3. The first-order valence-electron chi connectivity index (χ1n) is 31.7. The van der Waals surface area contributed by atoms with Crippen molar-refractivity contribution < 1.29 is 106 Å². The maximum Gasteiger partial charge on any atom is 0.432 e. The maximum atomic E-state index is 15.5. The average Bonchev–Trinajstić information content (AvgIpc) is 0.910. The minimum Gasteiger partial charge on any atom is -0.459 e. The van der Waals surface area contributed by atoms with Gasteiger partial charge in [-0.3, -0.25) is 0 Å². The lowest BCUT2D eigenvalue weighted by molar-refractivity contribution is -0.282. The fourth-order valence-electron chi connectivity index (χ4n) is 12.6. The first kappa shape index (κ1) is 74.4. The van der Waals surface area contributed by atoms with Gasteiger partial charge in [-0.25, -0.2) is 19.2 Å². The van der Waals surface area contributed by atoms with Crippen LogP contribution in [0.3, 0.4) is 0 Å². The molecule has 3 heterocycles. The first-order chi connectivity index (χ1) is 43.1.